The van der Waals surface area contributed by atoms with Gasteiger partial charge in [-0.2, -0.15) is 8.78 Å². The number of Topliss-reactive ketones (excluding diaryl/α,β-unsaturated/α-hetero) is 1. The third-order valence-electron chi connectivity index (χ3n) is 6.41. The van der Waals surface area contributed by atoms with Crippen molar-refractivity contribution < 1.29 is 51.0 Å². The first-order chi connectivity index (χ1) is 20.6. The first-order valence-electron chi connectivity index (χ1n) is 13.4. The van der Waals surface area contributed by atoms with Gasteiger partial charge in [-0.3, -0.25) is 14.4 Å². The average Bonchev–Trinajstić information content (AvgIpc) is 2.95. The maximum absolute atomic E-state index is 14.0. The monoisotopic (exact) mass is 664 g/mol. The highest BCUT2D eigenvalue weighted by atomic mass is 35.5. The Bertz CT molecular complexity index is 1390. The normalized spacial score (nSPS) is 14.5. The number of hydrogen-bond acceptors (Lipinski definition) is 7. The van der Waals surface area contributed by atoms with Gasteiger partial charge in [-0.05, 0) is 51.8 Å². The Hall–Kier alpha value is -3.58. The predicted molar refractivity (Wildman–Crippen MR) is 150 cm³/mol. The van der Waals surface area contributed by atoms with Gasteiger partial charge in [0.15, 0.2) is 23.2 Å². The molecule has 0 saturated carbocycles. The minimum absolute atomic E-state index is 0.0230. The number of carbonyl (C=O) groups is 4. The van der Waals surface area contributed by atoms with E-state index in [1.54, 1.807) is 39.0 Å². The molecule has 1 heterocycles. The molecule has 0 spiro atoms. The molecule has 2 aromatic carbocycles. The first kappa shape index (κ1) is 34.9. The van der Waals surface area contributed by atoms with Gasteiger partial charge in [-0.1, -0.05) is 23.2 Å². The van der Waals surface area contributed by atoms with Crippen molar-refractivity contribution in [2.45, 2.75) is 58.3 Å². The largest absolute Gasteiger partial charge is 0.479 e. The van der Waals surface area contributed by atoms with Gasteiger partial charge in [-0.15, -0.1) is 0 Å². The Morgan fingerprint density at radius 3 is 2.20 bits per heavy atom. The summed E-state index contributed by atoms with van der Waals surface area (Å²) in [6.07, 6.45) is -0.933. The summed E-state index contributed by atoms with van der Waals surface area (Å²) in [6.45, 7) is 3.76. The molecule has 1 atom stereocenters. The molecule has 0 aromatic heterocycles. The van der Waals surface area contributed by atoms with Crippen molar-refractivity contribution in [3.8, 4) is 5.75 Å². The molecule has 15 heteroatoms. The summed E-state index contributed by atoms with van der Waals surface area (Å²) in [5.74, 6) is -11.9. The molecule has 1 aliphatic rings. The number of amides is 2. The summed E-state index contributed by atoms with van der Waals surface area (Å²) in [5, 5.41) is 3.22. The van der Waals surface area contributed by atoms with Gasteiger partial charge < -0.3 is 24.4 Å². The van der Waals surface area contributed by atoms with Crippen molar-refractivity contribution in [3.05, 3.63) is 63.1 Å². The lowest BCUT2D eigenvalue weighted by molar-refractivity contribution is -0.156. The number of ketones is 1. The van der Waals surface area contributed by atoms with E-state index in [1.165, 1.54) is 4.90 Å². The lowest BCUT2D eigenvalue weighted by atomic mass is 9.95. The Balaban J connectivity index is 1.61. The van der Waals surface area contributed by atoms with Crippen molar-refractivity contribution in [3.63, 3.8) is 0 Å². The summed E-state index contributed by atoms with van der Waals surface area (Å²) in [6, 6.07) is 3.14. The highest BCUT2D eigenvalue weighted by Crippen LogP contribution is 2.27. The van der Waals surface area contributed by atoms with Crippen molar-refractivity contribution >= 4 is 47.0 Å². The third kappa shape index (κ3) is 9.71. The van der Waals surface area contributed by atoms with E-state index in [1.807, 2.05) is 0 Å². The van der Waals surface area contributed by atoms with Crippen molar-refractivity contribution in [1.82, 2.24) is 10.2 Å². The fourth-order valence-electron chi connectivity index (χ4n) is 4.22. The summed E-state index contributed by atoms with van der Waals surface area (Å²) >= 11 is 12.0. The number of nitrogens with one attached hydrogen (secondary N) is 1. The van der Waals surface area contributed by atoms with Gasteiger partial charge in [0.2, 0.25) is 17.5 Å². The number of halogens is 6. The van der Waals surface area contributed by atoms with Crippen LogP contribution >= 0.6 is 23.2 Å². The van der Waals surface area contributed by atoms with Crippen LogP contribution in [0.4, 0.5) is 22.4 Å². The molecule has 9 nitrogen and oxygen atoms in total. The van der Waals surface area contributed by atoms with Gasteiger partial charge in [-0.25, -0.2) is 13.6 Å². The Labute approximate surface area is 260 Å². The number of likely N-dealkylation sites (tertiary alicyclic amines) is 1. The average molecular weight is 665 g/mol. The molecule has 240 valence electrons. The Morgan fingerprint density at radius 2 is 1.61 bits per heavy atom. The molecular formula is C29H30Cl2F4N2O7. The van der Waals surface area contributed by atoms with E-state index in [9.17, 15) is 36.7 Å². The third-order valence-corrected chi connectivity index (χ3v) is 7.01. The molecule has 1 N–H and O–H groups in total. The van der Waals surface area contributed by atoms with Crippen LogP contribution in [0.3, 0.4) is 0 Å². The summed E-state index contributed by atoms with van der Waals surface area (Å²) in [7, 11) is 0. The number of carbonyl (C=O) groups excluding carboxylic acids is 4. The van der Waals surface area contributed by atoms with E-state index < -0.39 is 83.4 Å². The highest BCUT2D eigenvalue weighted by Gasteiger charge is 2.33. The molecule has 2 aromatic rings. The second kappa shape index (κ2) is 14.9. The van der Waals surface area contributed by atoms with Gasteiger partial charge >= 0.3 is 12.1 Å². The Kier molecular flexibility index (Phi) is 11.8. The van der Waals surface area contributed by atoms with E-state index in [2.05, 4.69) is 5.32 Å². The van der Waals surface area contributed by atoms with Crippen molar-refractivity contribution in [2.24, 2.45) is 5.92 Å². The van der Waals surface area contributed by atoms with Gasteiger partial charge in [0.05, 0.1) is 6.42 Å². The van der Waals surface area contributed by atoms with E-state index in [4.69, 9.17) is 37.4 Å². The fourth-order valence-corrected chi connectivity index (χ4v) is 4.58. The maximum atomic E-state index is 14.0. The van der Waals surface area contributed by atoms with E-state index >= 15 is 0 Å². The van der Waals surface area contributed by atoms with Crippen LogP contribution in [0.1, 0.15) is 45.6 Å². The number of ether oxygens (including phenoxy) is 3. The molecule has 3 rings (SSSR count). The molecule has 0 radical (unpaired) electrons. The number of esters is 1. The minimum atomic E-state index is -1.86. The van der Waals surface area contributed by atoms with Crippen LogP contribution in [0.25, 0.3) is 0 Å². The van der Waals surface area contributed by atoms with Crippen LogP contribution in [0.5, 0.6) is 5.75 Å². The lowest BCUT2D eigenvalue weighted by Crippen LogP contribution is -2.49. The first-order valence-corrected chi connectivity index (χ1v) is 14.2. The molecule has 1 aliphatic heterocycles. The van der Waals surface area contributed by atoms with Gasteiger partial charge in [0.1, 0.15) is 24.9 Å². The number of piperidine rings is 1. The number of rotatable bonds is 10. The molecule has 0 aliphatic carbocycles. The summed E-state index contributed by atoms with van der Waals surface area (Å²) < 4.78 is 70.3. The van der Waals surface area contributed by atoms with Crippen LogP contribution in [-0.4, -0.2) is 60.0 Å². The SMILES string of the molecule is CC(C)(C)OC(=O)C[C@H](NC(=O)C1CCN(C(=O)OCc2cc(Cl)ccc2Cl)CC1)C(=O)COc1c(F)c(F)cc(F)c1F. The van der Waals surface area contributed by atoms with Crippen LogP contribution in [0.2, 0.25) is 10.0 Å². The zero-order valence-electron chi connectivity index (χ0n) is 24.0. The standard InChI is InChI=1S/C29H30Cl2F4N2O7/c1-29(2,3)44-23(39)12-21(22(38)14-42-26-24(34)19(32)11-20(33)25(26)35)36-27(40)15-6-8-37(9-7-15)28(41)43-13-16-10-17(30)4-5-18(16)31/h4-5,10-11,15,21H,6-9,12-14H2,1-3H3,(H,36,40)/t21-/m0/s1. The molecule has 2 amide bonds. The fraction of sp³-hybridized carbons (Fsp3) is 0.448. The van der Waals surface area contributed by atoms with Crippen LogP contribution in [0, 0.1) is 29.2 Å². The van der Waals surface area contributed by atoms with Crippen LogP contribution in [-0.2, 0) is 30.5 Å². The topological polar surface area (TPSA) is 111 Å². The molecular weight excluding hydrogens is 635 g/mol. The summed E-state index contributed by atoms with van der Waals surface area (Å²) in [5.41, 5.74) is -0.421. The van der Waals surface area contributed by atoms with E-state index in [0.717, 1.165) is 0 Å². The summed E-state index contributed by atoms with van der Waals surface area (Å²) in [4.78, 5) is 52.4. The lowest BCUT2D eigenvalue weighted by Gasteiger charge is -2.31. The van der Waals surface area contributed by atoms with Crippen molar-refractivity contribution in [1.29, 1.82) is 0 Å². The number of benzene rings is 2. The van der Waals surface area contributed by atoms with Crippen LogP contribution < -0.4 is 10.1 Å². The number of hydrogen-bond donors (Lipinski definition) is 1. The highest BCUT2D eigenvalue weighted by molar-refractivity contribution is 6.33. The predicted octanol–water partition coefficient (Wildman–Crippen LogP) is 5.76. The van der Waals surface area contributed by atoms with Gasteiger partial charge in [0.25, 0.3) is 0 Å². The molecule has 1 fully saturated rings. The second-order valence-electron chi connectivity index (χ2n) is 11.0. The van der Waals surface area contributed by atoms with E-state index in [-0.39, 0.29) is 38.6 Å². The van der Waals surface area contributed by atoms with Crippen molar-refractivity contribution in [2.75, 3.05) is 19.7 Å². The van der Waals surface area contributed by atoms with Crippen LogP contribution in [0.15, 0.2) is 24.3 Å². The molecule has 44 heavy (non-hydrogen) atoms. The molecule has 1 saturated heterocycles. The smallest absolute Gasteiger partial charge is 0.410 e. The molecule has 0 bridgehead atoms. The molecule has 0 unspecified atom stereocenters. The quantitative estimate of drug-likeness (QED) is 0.195. The second-order valence-corrected chi connectivity index (χ2v) is 11.8. The van der Waals surface area contributed by atoms with E-state index in [0.29, 0.717) is 15.6 Å². The zero-order valence-corrected chi connectivity index (χ0v) is 25.5. The minimum Gasteiger partial charge on any atom is -0.479 e. The Morgan fingerprint density at radius 1 is 1.00 bits per heavy atom. The maximum Gasteiger partial charge on any atom is 0.410 e. The zero-order chi connectivity index (χ0) is 32.8. The number of nitrogens with zero attached hydrogens (tertiary/aromatic N) is 1. The van der Waals surface area contributed by atoms with Gasteiger partial charge in [0, 0.05) is 40.7 Å².